The Morgan fingerprint density at radius 3 is 2.33 bits per heavy atom. The van der Waals surface area contributed by atoms with Crippen LogP contribution in [0.15, 0.2) is 42.5 Å². The highest BCUT2D eigenvalue weighted by molar-refractivity contribution is 6.31. The molecule has 0 aliphatic carbocycles. The highest BCUT2D eigenvalue weighted by atomic mass is 35.5. The van der Waals surface area contributed by atoms with Crippen molar-refractivity contribution < 1.29 is 14.3 Å². The van der Waals surface area contributed by atoms with E-state index in [1.165, 1.54) is 12.1 Å². The molecule has 1 amide bonds. The third-order valence-electron chi connectivity index (χ3n) is 2.84. The van der Waals surface area contributed by atoms with Gasteiger partial charge in [-0.25, -0.2) is 4.79 Å². The Morgan fingerprint density at radius 2 is 1.76 bits per heavy atom. The third kappa shape index (κ3) is 3.73. The first-order valence-electron chi connectivity index (χ1n) is 6.08. The number of carbonyl (C=O) groups excluding carboxylic acids is 2. The molecule has 5 nitrogen and oxygen atoms in total. The van der Waals surface area contributed by atoms with Gasteiger partial charge < -0.3 is 16.2 Å². The van der Waals surface area contributed by atoms with E-state index >= 15 is 0 Å². The van der Waals surface area contributed by atoms with Crippen molar-refractivity contribution >= 4 is 29.2 Å². The first-order chi connectivity index (χ1) is 9.97. The largest absolute Gasteiger partial charge is 0.457 e. The summed E-state index contributed by atoms with van der Waals surface area (Å²) >= 11 is 5.77. The predicted octanol–water partition coefficient (Wildman–Crippen LogP) is 2.38. The zero-order chi connectivity index (χ0) is 15.4. The zero-order valence-corrected chi connectivity index (χ0v) is 11.8. The van der Waals surface area contributed by atoms with E-state index in [9.17, 15) is 9.59 Å². The Balaban J connectivity index is 2.02. The quantitative estimate of drug-likeness (QED) is 0.669. The van der Waals surface area contributed by atoms with Crippen LogP contribution in [0.25, 0.3) is 0 Å². The van der Waals surface area contributed by atoms with Gasteiger partial charge in [-0.2, -0.15) is 0 Å². The van der Waals surface area contributed by atoms with E-state index in [0.29, 0.717) is 10.6 Å². The molecule has 0 aliphatic heterocycles. The lowest BCUT2D eigenvalue weighted by atomic mass is 10.1. The first-order valence-corrected chi connectivity index (χ1v) is 6.46. The van der Waals surface area contributed by atoms with E-state index in [4.69, 9.17) is 27.8 Å². The molecule has 4 N–H and O–H groups in total. The number of hydrogen-bond donors (Lipinski definition) is 2. The Kier molecular flexibility index (Phi) is 4.45. The first kappa shape index (κ1) is 14.9. The molecule has 0 unspecified atom stereocenters. The van der Waals surface area contributed by atoms with E-state index in [-0.39, 0.29) is 17.9 Å². The van der Waals surface area contributed by atoms with Crippen LogP contribution >= 0.6 is 11.6 Å². The number of carbonyl (C=O) groups is 2. The van der Waals surface area contributed by atoms with Gasteiger partial charge in [0.1, 0.15) is 6.61 Å². The molecule has 21 heavy (non-hydrogen) atoms. The summed E-state index contributed by atoms with van der Waals surface area (Å²) in [5, 5.41) is 0.450. The fourth-order valence-corrected chi connectivity index (χ4v) is 1.89. The summed E-state index contributed by atoms with van der Waals surface area (Å²) in [6.45, 7) is 0.0694. The highest BCUT2D eigenvalue weighted by Gasteiger charge is 2.11. The average Bonchev–Trinajstić information content (AvgIpc) is 2.45. The number of hydrogen-bond acceptors (Lipinski definition) is 4. The molecule has 0 radical (unpaired) electrons. The van der Waals surface area contributed by atoms with Gasteiger partial charge in [-0.15, -0.1) is 0 Å². The van der Waals surface area contributed by atoms with Crippen molar-refractivity contribution in [3.8, 4) is 0 Å². The Morgan fingerprint density at radius 1 is 1.10 bits per heavy atom. The summed E-state index contributed by atoms with van der Waals surface area (Å²) in [6, 6.07) is 11.0. The van der Waals surface area contributed by atoms with Crippen LogP contribution in [0, 0.1) is 0 Å². The van der Waals surface area contributed by atoms with Crippen molar-refractivity contribution in [2.24, 2.45) is 5.73 Å². The molecule has 0 heterocycles. The number of rotatable bonds is 4. The van der Waals surface area contributed by atoms with Crippen molar-refractivity contribution in [1.29, 1.82) is 0 Å². The van der Waals surface area contributed by atoms with Gasteiger partial charge >= 0.3 is 5.97 Å². The normalized spacial score (nSPS) is 10.1. The van der Waals surface area contributed by atoms with Crippen LogP contribution in [0.4, 0.5) is 5.69 Å². The van der Waals surface area contributed by atoms with Crippen molar-refractivity contribution in [3.05, 3.63) is 64.2 Å². The van der Waals surface area contributed by atoms with E-state index in [1.54, 1.807) is 30.3 Å². The average molecular weight is 305 g/mol. The van der Waals surface area contributed by atoms with E-state index < -0.39 is 11.9 Å². The van der Waals surface area contributed by atoms with Crippen LogP contribution in [0.1, 0.15) is 26.3 Å². The number of benzene rings is 2. The second-order valence-electron chi connectivity index (χ2n) is 4.37. The molecule has 0 aromatic heterocycles. The van der Waals surface area contributed by atoms with Gasteiger partial charge in [0, 0.05) is 16.3 Å². The minimum Gasteiger partial charge on any atom is -0.457 e. The zero-order valence-electron chi connectivity index (χ0n) is 11.0. The number of primary amides is 1. The van der Waals surface area contributed by atoms with Gasteiger partial charge in [0.15, 0.2) is 0 Å². The van der Waals surface area contributed by atoms with Gasteiger partial charge in [0.2, 0.25) is 5.91 Å². The molecule has 0 saturated heterocycles. The van der Waals surface area contributed by atoms with Crippen LogP contribution in [0.5, 0.6) is 0 Å². The second kappa shape index (κ2) is 6.28. The molecule has 0 bridgehead atoms. The fourth-order valence-electron chi connectivity index (χ4n) is 1.71. The molecular weight excluding hydrogens is 292 g/mol. The van der Waals surface area contributed by atoms with Crippen LogP contribution < -0.4 is 11.5 Å². The maximum atomic E-state index is 11.9. The second-order valence-corrected chi connectivity index (χ2v) is 4.81. The van der Waals surface area contributed by atoms with Crippen LogP contribution in [-0.4, -0.2) is 11.9 Å². The SMILES string of the molecule is NC(=O)c1ccc(COC(=O)c2ccc(Cl)cc2N)cc1. The number of anilines is 1. The molecule has 0 fully saturated rings. The smallest absolute Gasteiger partial charge is 0.340 e. The molecule has 2 aromatic rings. The lowest BCUT2D eigenvalue weighted by molar-refractivity contribution is 0.0473. The minimum absolute atomic E-state index is 0.0694. The van der Waals surface area contributed by atoms with Gasteiger partial charge in [-0.3, -0.25) is 4.79 Å². The maximum absolute atomic E-state index is 11.9. The summed E-state index contributed by atoms with van der Waals surface area (Å²) in [4.78, 5) is 22.8. The van der Waals surface area contributed by atoms with Gasteiger partial charge in [-0.1, -0.05) is 23.7 Å². The topological polar surface area (TPSA) is 95.4 Å². The molecule has 0 aliphatic rings. The van der Waals surface area contributed by atoms with Gasteiger partial charge in [0.25, 0.3) is 0 Å². The molecule has 0 atom stereocenters. The van der Waals surface area contributed by atoms with Crippen molar-refractivity contribution in [1.82, 2.24) is 0 Å². The van der Waals surface area contributed by atoms with Crippen molar-refractivity contribution in [2.45, 2.75) is 6.61 Å². The summed E-state index contributed by atoms with van der Waals surface area (Å²) in [5.41, 5.74) is 12.5. The fraction of sp³-hybridized carbons (Fsp3) is 0.0667. The molecule has 2 rings (SSSR count). The van der Waals surface area contributed by atoms with Crippen LogP contribution in [-0.2, 0) is 11.3 Å². The standard InChI is InChI=1S/C15H13ClN2O3/c16-11-5-6-12(13(17)7-11)15(20)21-8-9-1-3-10(4-2-9)14(18)19/h1-7H,8,17H2,(H2,18,19). The Bertz CT molecular complexity index is 684. The Hall–Kier alpha value is -2.53. The number of nitrogen functional groups attached to an aromatic ring is 1. The van der Waals surface area contributed by atoms with E-state index in [2.05, 4.69) is 0 Å². The molecular formula is C15H13ClN2O3. The molecule has 6 heteroatoms. The lowest BCUT2D eigenvalue weighted by Crippen LogP contribution is -2.11. The Labute approximate surface area is 126 Å². The summed E-state index contributed by atoms with van der Waals surface area (Å²) in [7, 11) is 0. The highest BCUT2D eigenvalue weighted by Crippen LogP contribution is 2.19. The van der Waals surface area contributed by atoms with Gasteiger partial charge in [0.05, 0.1) is 5.56 Å². The summed E-state index contributed by atoms with van der Waals surface area (Å²) in [6.07, 6.45) is 0. The van der Waals surface area contributed by atoms with Gasteiger partial charge in [-0.05, 0) is 35.9 Å². The number of ether oxygens (including phenoxy) is 1. The number of nitrogens with two attached hydrogens (primary N) is 2. The summed E-state index contributed by atoms with van der Waals surface area (Å²) < 4.78 is 5.16. The molecule has 108 valence electrons. The number of halogens is 1. The van der Waals surface area contributed by atoms with Crippen molar-refractivity contribution in [3.63, 3.8) is 0 Å². The van der Waals surface area contributed by atoms with E-state index in [0.717, 1.165) is 5.56 Å². The minimum atomic E-state index is -0.539. The number of amides is 1. The van der Waals surface area contributed by atoms with Crippen LogP contribution in [0.2, 0.25) is 5.02 Å². The lowest BCUT2D eigenvalue weighted by Gasteiger charge is -2.07. The molecule has 2 aromatic carbocycles. The summed E-state index contributed by atoms with van der Waals surface area (Å²) in [5.74, 6) is -1.05. The molecule has 0 saturated carbocycles. The predicted molar refractivity (Wildman–Crippen MR) is 79.9 cm³/mol. The van der Waals surface area contributed by atoms with Crippen molar-refractivity contribution in [2.75, 3.05) is 5.73 Å². The number of esters is 1. The maximum Gasteiger partial charge on any atom is 0.340 e. The molecule has 0 spiro atoms. The third-order valence-corrected chi connectivity index (χ3v) is 3.08. The monoisotopic (exact) mass is 304 g/mol. The van der Waals surface area contributed by atoms with Crippen LogP contribution in [0.3, 0.4) is 0 Å². The van der Waals surface area contributed by atoms with E-state index in [1.807, 2.05) is 0 Å².